The van der Waals surface area contributed by atoms with Gasteiger partial charge in [0.25, 0.3) is 0 Å². The van der Waals surface area contributed by atoms with Crippen LogP contribution < -0.4 is 5.35 Å². The normalized spacial score (nSPS) is 13.3. The van der Waals surface area contributed by atoms with Gasteiger partial charge in [0.1, 0.15) is 0 Å². The number of benzene rings is 1. The largest absolute Gasteiger partial charge is 0.323 e. The van der Waals surface area contributed by atoms with E-state index in [1.807, 2.05) is 0 Å². The summed E-state index contributed by atoms with van der Waals surface area (Å²) in [5.74, 6) is 0. The summed E-state index contributed by atoms with van der Waals surface area (Å²) in [5, 5.41) is 3.81. The molecule has 0 aromatic heterocycles. The summed E-state index contributed by atoms with van der Waals surface area (Å²) >= 11 is 0. The molecule has 0 bridgehead atoms. The van der Waals surface area contributed by atoms with E-state index in [0.29, 0.717) is 0 Å². The Bertz CT molecular complexity index is 862. The van der Waals surface area contributed by atoms with E-state index in [2.05, 4.69) is 83.7 Å². The fraction of sp³-hybridized carbons (Fsp3) is 0. The third kappa shape index (κ3) is 1.55. The van der Waals surface area contributed by atoms with Gasteiger partial charge in [-0.2, -0.15) is 0 Å². The van der Waals surface area contributed by atoms with Gasteiger partial charge in [0.05, 0.1) is 5.35 Å². The van der Waals surface area contributed by atoms with Crippen LogP contribution in [-0.2, 0) is 0 Å². The molecule has 0 amide bonds. The van der Waals surface area contributed by atoms with Gasteiger partial charge in [-0.15, -0.1) is 0 Å². The van der Waals surface area contributed by atoms with Gasteiger partial charge >= 0.3 is 0 Å². The van der Waals surface area contributed by atoms with Crippen LogP contribution in [0.25, 0.3) is 34.2 Å². The molecule has 4 rings (SSSR count). The van der Waals surface area contributed by atoms with Gasteiger partial charge in [-0.05, 0) is 28.7 Å². The number of nitrogens with zero attached hydrogens (tertiary/aromatic N) is 1. The number of hydrogen-bond acceptors (Lipinski definition) is 0. The Morgan fingerprint density at radius 2 is 1.68 bits per heavy atom. The van der Waals surface area contributed by atoms with Crippen LogP contribution in [0.15, 0.2) is 66.9 Å². The molecule has 0 radical (unpaired) electrons. The molecule has 1 aromatic carbocycles. The van der Waals surface area contributed by atoms with Crippen LogP contribution in [0, 0.1) is 0 Å². The molecule has 0 unspecified atom stereocenters. The highest BCUT2D eigenvalue weighted by molar-refractivity contribution is 5.97. The molecule has 0 saturated heterocycles. The Morgan fingerprint density at radius 1 is 0.789 bits per heavy atom. The highest BCUT2D eigenvalue weighted by Gasteiger charge is 2.09. The molecule has 0 saturated carbocycles. The van der Waals surface area contributed by atoms with Crippen molar-refractivity contribution in [2.45, 2.75) is 0 Å². The molecule has 0 fully saturated rings. The molecular weight excluding hydrogens is 230 g/mol. The Hall–Kier alpha value is -2.54. The second-order valence-electron chi connectivity index (χ2n) is 4.76. The predicted octanol–water partition coefficient (Wildman–Crippen LogP) is 3.85. The number of rotatable bonds is 0. The van der Waals surface area contributed by atoms with Crippen LogP contribution in [0.4, 0.5) is 0 Å². The topological polar surface area (TPSA) is 4.93 Å². The Kier molecular flexibility index (Phi) is 2.18. The highest BCUT2D eigenvalue weighted by atomic mass is 14.9. The monoisotopic (exact) mass is 243 g/mol. The molecular formula is C18H13N. The van der Waals surface area contributed by atoms with E-state index in [4.69, 9.17) is 0 Å². The summed E-state index contributed by atoms with van der Waals surface area (Å²) in [5.41, 5.74) is 2.60. The SMILES string of the molecule is C1=CC=c2c3cccc4ccccc(cn2C=C1)-c43. The first kappa shape index (κ1) is 10.4. The van der Waals surface area contributed by atoms with Crippen molar-refractivity contribution < 1.29 is 0 Å². The summed E-state index contributed by atoms with van der Waals surface area (Å²) in [6, 6.07) is 15.1. The number of hydrogen-bond donors (Lipinski definition) is 0. The summed E-state index contributed by atoms with van der Waals surface area (Å²) < 4.78 is 2.19. The zero-order valence-corrected chi connectivity index (χ0v) is 10.5. The maximum absolute atomic E-state index is 2.20. The van der Waals surface area contributed by atoms with Crippen LogP contribution >= 0.6 is 0 Å². The zero-order valence-electron chi connectivity index (χ0n) is 10.5. The van der Waals surface area contributed by atoms with Gasteiger partial charge in [-0.3, -0.25) is 0 Å². The van der Waals surface area contributed by atoms with Crippen molar-refractivity contribution in [1.82, 2.24) is 4.57 Å². The first-order valence-corrected chi connectivity index (χ1v) is 6.47. The molecule has 3 aliphatic rings. The Labute approximate surface area is 111 Å². The predicted molar refractivity (Wildman–Crippen MR) is 81.5 cm³/mol. The second-order valence-corrected chi connectivity index (χ2v) is 4.76. The van der Waals surface area contributed by atoms with E-state index in [9.17, 15) is 0 Å². The van der Waals surface area contributed by atoms with Crippen LogP contribution in [0.2, 0.25) is 0 Å². The van der Waals surface area contributed by atoms with Crippen molar-refractivity contribution in [2.24, 2.45) is 0 Å². The first-order chi connectivity index (χ1) is 9.43. The van der Waals surface area contributed by atoms with E-state index in [-0.39, 0.29) is 0 Å². The molecule has 1 heteroatoms. The van der Waals surface area contributed by atoms with Crippen LogP contribution in [0.1, 0.15) is 0 Å². The fourth-order valence-electron chi connectivity index (χ4n) is 2.76. The lowest BCUT2D eigenvalue weighted by molar-refractivity contribution is 1.09. The number of pyridine rings is 1. The van der Waals surface area contributed by atoms with Gasteiger partial charge in [0.2, 0.25) is 0 Å². The first-order valence-electron chi connectivity index (χ1n) is 6.47. The molecule has 2 aliphatic heterocycles. The maximum Gasteiger partial charge on any atom is 0.0528 e. The van der Waals surface area contributed by atoms with E-state index in [1.165, 1.54) is 27.2 Å². The van der Waals surface area contributed by atoms with E-state index >= 15 is 0 Å². The minimum atomic E-state index is 1.23. The molecule has 90 valence electrons. The van der Waals surface area contributed by atoms with Gasteiger partial charge in [0.15, 0.2) is 0 Å². The summed E-state index contributed by atoms with van der Waals surface area (Å²) in [7, 11) is 0. The highest BCUT2D eigenvalue weighted by Crippen LogP contribution is 2.29. The quantitative estimate of drug-likeness (QED) is 0.565. The van der Waals surface area contributed by atoms with Gasteiger partial charge in [-0.25, -0.2) is 0 Å². The Morgan fingerprint density at radius 3 is 2.68 bits per heavy atom. The fourth-order valence-corrected chi connectivity index (χ4v) is 2.76. The van der Waals surface area contributed by atoms with Crippen LogP contribution in [-0.4, -0.2) is 4.57 Å². The molecule has 1 nitrogen and oxygen atoms in total. The van der Waals surface area contributed by atoms with Crippen molar-refractivity contribution in [1.29, 1.82) is 0 Å². The summed E-state index contributed by atoms with van der Waals surface area (Å²) in [4.78, 5) is 0. The summed E-state index contributed by atoms with van der Waals surface area (Å²) in [6.07, 6.45) is 12.7. The molecule has 1 aliphatic carbocycles. The maximum atomic E-state index is 2.20. The smallest absolute Gasteiger partial charge is 0.0528 e. The lowest BCUT2D eigenvalue weighted by atomic mass is 9.99. The van der Waals surface area contributed by atoms with Crippen molar-refractivity contribution in [3.05, 3.63) is 72.2 Å². The Balaban J connectivity index is 2.33. The number of fused-ring (bicyclic) bond motifs is 2. The molecule has 19 heavy (non-hydrogen) atoms. The molecule has 1 aromatic rings. The van der Waals surface area contributed by atoms with Gasteiger partial charge in [0, 0.05) is 17.8 Å². The standard InChI is InChI=1S/C18H13N/c1-2-11-17-16-10-6-9-14-7-3-4-8-15(18(14)16)13-19(17)12-5-1/h1-13H. The third-order valence-electron chi connectivity index (χ3n) is 3.60. The number of allylic oxidation sites excluding steroid dienone is 3. The second kappa shape index (κ2) is 3.99. The third-order valence-corrected chi connectivity index (χ3v) is 3.60. The number of aromatic nitrogens is 1. The van der Waals surface area contributed by atoms with E-state index in [0.717, 1.165) is 0 Å². The van der Waals surface area contributed by atoms with Gasteiger partial charge in [-0.1, -0.05) is 54.6 Å². The minimum Gasteiger partial charge on any atom is -0.323 e. The minimum absolute atomic E-state index is 1.23. The van der Waals surface area contributed by atoms with Crippen molar-refractivity contribution >= 4 is 23.0 Å². The zero-order chi connectivity index (χ0) is 12.7. The van der Waals surface area contributed by atoms with Crippen LogP contribution in [0.3, 0.4) is 0 Å². The molecule has 0 atom stereocenters. The van der Waals surface area contributed by atoms with Crippen molar-refractivity contribution in [3.63, 3.8) is 0 Å². The average Bonchev–Trinajstić information content (AvgIpc) is 2.79. The molecule has 0 spiro atoms. The van der Waals surface area contributed by atoms with Gasteiger partial charge < -0.3 is 4.57 Å². The average molecular weight is 243 g/mol. The van der Waals surface area contributed by atoms with Crippen molar-refractivity contribution in [2.75, 3.05) is 0 Å². The van der Waals surface area contributed by atoms with E-state index in [1.54, 1.807) is 0 Å². The van der Waals surface area contributed by atoms with Crippen molar-refractivity contribution in [3.8, 4) is 11.1 Å². The lowest BCUT2D eigenvalue weighted by Crippen LogP contribution is -2.17. The summed E-state index contributed by atoms with van der Waals surface area (Å²) in [6.45, 7) is 0. The lowest BCUT2D eigenvalue weighted by Gasteiger charge is -2.13. The molecule has 0 N–H and O–H groups in total. The van der Waals surface area contributed by atoms with Crippen LogP contribution in [0.5, 0.6) is 0 Å². The molecule has 2 heterocycles. The van der Waals surface area contributed by atoms with E-state index < -0.39 is 0 Å².